The molecule has 0 spiro atoms. The number of rotatable bonds is 13. The number of amides is 1. The third-order valence-electron chi connectivity index (χ3n) is 3.30. The van der Waals surface area contributed by atoms with E-state index in [-0.39, 0.29) is 5.91 Å². The lowest BCUT2D eigenvalue weighted by Crippen LogP contribution is -2.33. The Labute approximate surface area is 117 Å². The number of hydrogen-bond donors (Lipinski definition) is 3. The van der Waals surface area contributed by atoms with E-state index in [1.54, 1.807) is 0 Å². The van der Waals surface area contributed by atoms with E-state index in [9.17, 15) is 4.79 Å². The van der Waals surface area contributed by atoms with Gasteiger partial charge in [-0.25, -0.2) is 0 Å². The standard InChI is InChI=1S/C15H31NO3/c1-2-3-4-5-6-7-8-9-10-11-12-13-14(17)16-15(18)19/h15,18-19H,2-13H2,1H3,(H,16,17). The normalized spacial score (nSPS) is 10.9. The highest BCUT2D eigenvalue weighted by Crippen LogP contribution is 2.11. The molecule has 1 amide bonds. The van der Waals surface area contributed by atoms with Crippen LogP contribution in [0.15, 0.2) is 0 Å². The molecule has 114 valence electrons. The summed E-state index contributed by atoms with van der Waals surface area (Å²) in [5.41, 5.74) is 0. The first-order chi connectivity index (χ1) is 9.16. The van der Waals surface area contributed by atoms with Crippen LogP contribution in [0.3, 0.4) is 0 Å². The molecule has 0 aliphatic rings. The molecule has 4 heteroatoms. The highest BCUT2D eigenvalue weighted by Gasteiger charge is 2.03. The summed E-state index contributed by atoms with van der Waals surface area (Å²) in [5, 5.41) is 19.1. The number of unbranched alkanes of at least 4 members (excludes halogenated alkanes) is 10. The lowest BCUT2D eigenvalue weighted by atomic mass is 10.1. The number of carbonyl (C=O) groups excluding carboxylic acids is 1. The Morgan fingerprint density at radius 1 is 0.842 bits per heavy atom. The minimum absolute atomic E-state index is 0.286. The van der Waals surface area contributed by atoms with Crippen LogP contribution >= 0.6 is 0 Å². The molecule has 0 saturated heterocycles. The summed E-state index contributed by atoms with van der Waals surface area (Å²) in [6, 6.07) is 0. The lowest BCUT2D eigenvalue weighted by molar-refractivity contribution is -0.134. The van der Waals surface area contributed by atoms with Gasteiger partial charge in [0, 0.05) is 6.42 Å². The van der Waals surface area contributed by atoms with E-state index >= 15 is 0 Å². The van der Waals surface area contributed by atoms with Crippen LogP contribution in [0, 0.1) is 0 Å². The topological polar surface area (TPSA) is 69.6 Å². The van der Waals surface area contributed by atoms with E-state index in [0.717, 1.165) is 12.8 Å². The molecule has 0 radical (unpaired) electrons. The van der Waals surface area contributed by atoms with Gasteiger partial charge in [-0.1, -0.05) is 71.1 Å². The van der Waals surface area contributed by atoms with Crippen molar-refractivity contribution in [1.82, 2.24) is 5.32 Å². The predicted octanol–water partition coefficient (Wildman–Crippen LogP) is 3.07. The first-order valence-electron chi connectivity index (χ1n) is 7.82. The molecule has 19 heavy (non-hydrogen) atoms. The van der Waals surface area contributed by atoms with Crippen LogP contribution in [-0.4, -0.2) is 22.5 Å². The summed E-state index contributed by atoms with van der Waals surface area (Å²) in [6.45, 7) is 2.24. The van der Waals surface area contributed by atoms with Crippen LogP contribution in [0.25, 0.3) is 0 Å². The lowest BCUT2D eigenvalue weighted by Gasteiger charge is -2.06. The molecule has 0 fully saturated rings. The van der Waals surface area contributed by atoms with Gasteiger partial charge in [0.1, 0.15) is 0 Å². The Bertz CT molecular complexity index is 208. The number of hydrogen-bond acceptors (Lipinski definition) is 3. The highest BCUT2D eigenvalue weighted by molar-refractivity contribution is 5.75. The Morgan fingerprint density at radius 2 is 1.26 bits per heavy atom. The fourth-order valence-corrected chi connectivity index (χ4v) is 2.17. The van der Waals surface area contributed by atoms with E-state index in [0.29, 0.717) is 6.42 Å². The zero-order valence-corrected chi connectivity index (χ0v) is 12.4. The fourth-order valence-electron chi connectivity index (χ4n) is 2.17. The largest absolute Gasteiger partial charge is 0.351 e. The monoisotopic (exact) mass is 273 g/mol. The van der Waals surface area contributed by atoms with Crippen molar-refractivity contribution >= 4 is 5.91 Å². The molecule has 0 rings (SSSR count). The molecular weight excluding hydrogens is 242 g/mol. The maximum atomic E-state index is 11.1. The van der Waals surface area contributed by atoms with E-state index in [4.69, 9.17) is 10.2 Å². The van der Waals surface area contributed by atoms with E-state index in [2.05, 4.69) is 12.2 Å². The Morgan fingerprint density at radius 3 is 1.68 bits per heavy atom. The molecule has 3 N–H and O–H groups in total. The van der Waals surface area contributed by atoms with Gasteiger partial charge < -0.3 is 15.5 Å². The van der Waals surface area contributed by atoms with Gasteiger partial charge in [-0.05, 0) is 6.42 Å². The zero-order chi connectivity index (χ0) is 14.3. The first kappa shape index (κ1) is 18.4. The van der Waals surface area contributed by atoms with Crippen LogP contribution in [0.2, 0.25) is 0 Å². The minimum Gasteiger partial charge on any atom is -0.351 e. The average Bonchev–Trinajstić information content (AvgIpc) is 2.35. The molecule has 0 atom stereocenters. The molecule has 0 aromatic rings. The molecule has 0 saturated carbocycles. The number of nitrogens with one attached hydrogen (secondary N) is 1. The molecule has 0 bridgehead atoms. The maximum absolute atomic E-state index is 11.1. The Balaban J connectivity index is 3.08. The summed E-state index contributed by atoms with van der Waals surface area (Å²) >= 11 is 0. The van der Waals surface area contributed by atoms with Crippen molar-refractivity contribution in [2.75, 3.05) is 0 Å². The number of aliphatic hydroxyl groups is 2. The van der Waals surface area contributed by atoms with Gasteiger partial charge >= 0.3 is 0 Å². The van der Waals surface area contributed by atoms with E-state index in [1.807, 2.05) is 0 Å². The summed E-state index contributed by atoms with van der Waals surface area (Å²) < 4.78 is 0. The third-order valence-corrected chi connectivity index (χ3v) is 3.30. The molecule has 0 aromatic carbocycles. The van der Waals surface area contributed by atoms with Crippen LogP contribution in [-0.2, 0) is 4.79 Å². The summed E-state index contributed by atoms with van der Waals surface area (Å²) in [6.07, 6.45) is 12.4. The Kier molecular flexibility index (Phi) is 13.4. The average molecular weight is 273 g/mol. The van der Waals surface area contributed by atoms with Gasteiger partial charge in [-0.3, -0.25) is 4.79 Å². The second kappa shape index (κ2) is 13.8. The fraction of sp³-hybridized carbons (Fsp3) is 0.933. The quantitative estimate of drug-likeness (QED) is 0.357. The van der Waals surface area contributed by atoms with Crippen LogP contribution in [0.5, 0.6) is 0 Å². The van der Waals surface area contributed by atoms with Crippen molar-refractivity contribution in [3.8, 4) is 0 Å². The first-order valence-corrected chi connectivity index (χ1v) is 7.82. The molecular formula is C15H31NO3. The molecule has 0 unspecified atom stereocenters. The number of aliphatic hydroxyl groups excluding tert-OH is 1. The van der Waals surface area contributed by atoms with Crippen LogP contribution in [0.4, 0.5) is 0 Å². The van der Waals surface area contributed by atoms with E-state index in [1.165, 1.54) is 57.8 Å². The van der Waals surface area contributed by atoms with Crippen molar-refractivity contribution in [1.29, 1.82) is 0 Å². The van der Waals surface area contributed by atoms with Gasteiger partial charge in [-0.2, -0.15) is 0 Å². The predicted molar refractivity (Wildman–Crippen MR) is 77.4 cm³/mol. The second-order valence-corrected chi connectivity index (χ2v) is 5.23. The molecule has 4 nitrogen and oxygen atoms in total. The van der Waals surface area contributed by atoms with Gasteiger partial charge in [0.05, 0.1) is 0 Å². The summed E-state index contributed by atoms with van der Waals surface area (Å²) in [5.74, 6) is -0.286. The van der Waals surface area contributed by atoms with Crippen LogP contribution in [0.1, 0.15) is 84.0 Å². The molecule has 0 aliphatic heterocycles. The smallest absolute Gasteiger partial charge is 0.235 e. The van der Waals surface area contributed by atoms with Gasteiger partial charge in [0.2, 0.25) is 12.3 Å². The maximum Gasteiger partial charge on any atom is 0.235 e. The van der Waals surface area contributed by atoms with Gasteiger partial charge in [0.25, 0.3) is 0 Å². The van der Waals surface area contributed by atoms with Gasteiger partial charge in [0.15, 0.2) is 0 Å². The van der Waals surface area contributed by atoms with Crippen molar-refractivity contribution < 1.29 is 15.0 Å². The van der Waals surface area contributed by atoms with Crippen molar-refractivity contribution in [2.24, 2.45) is 0 Å². The summed E-state index contributed by atoms with van der Waals surface area (Å²) in [4.78, 5) is 11.1. The van der Waals surface area contributed by atoms with Crippen molar-refractivity contribution in [3.63, 3.8) is 0 Å². The van der Waals surface area contributed by atoms with Gasteiger partial charge in [-0.15, -0.1) is 0 Å². The third kappa shape index (κ3) is 15.3. The summed E-state index contributed by atoms with van der Waals surface area (Å²) in [7, 11) is 0. The molecule has 0 aromatic heterocycles. The SMILES string of the molecule is CCCCCCCCCCCCCC(=O)NC(O)O. The molecule has 0 heterocycles. The molecule has 0 aliphatic carbocycles. The van der Waals surface area contributed by atoms with E-state index < -0.39 is 6.41 Å². The minimum atomic E-state index is -1.72. The highest BCUT2D eigenvalue weighted by atomic mass is 16.5. The van der Waals surface area contributed by atoms with Crippen LogP contribution < -0.4 is 5.32 Å². The zero-order valence-electron chi connectivity index (χ0n) is 12.4. The van der Waals surface area contributed by atoms with Crippen molar-refractivity contribution in [3.05, 3.63) is 0 Å². The Hall–Kier alpha value is -0.610. The van der Waals surface area contributed by atoms with Crippen molar-refractivity contribution in [2.45, 2.75) is 90.4 Å². The number of carbonyl (C=O) groups is 1. The second-order valence-electron chi connectivity index (χ2n) is 5.23.